The van der Waals surface area contributed by atoms with Crippen molar-refractivity contribution in [3.05, 3.63) is 11.8 Å². The second-order valence-corrected chi connectivity index (χ2v) is 3.00. The lowest BCUT2D eigenvalue weighted by Gasteiger charge is -2.02. The zero-order valence-corrected chi connectivity index (χ0v) is 7.11. The fourth-order valence-corrected chi connectivity index (χ4v) is 1.44. The van der Waals surface area contributed by atoms with Gasteiger partial charge >= 0.3 is 0 Å². The van der Waals surface area contributed by atoms with Gasteiger partial charge in [0.2, 0.25) is 0 Å². The Balaban J connectivity index is 2.59. The Kier molecular flexibility index (Phi) is 3.14. The first-order valence-electron chi connectivity index (χ1n) is 4.28. The summed E-state index contributed by atoms with van der Waals surface area (Å²) in [6, 6.07) is 0. The highest BCUT2D eigenvalue weighted by Crippen LogP contribution is 2.18. The molecular weight excluding hydrogens is 136 g/mol. The van der Waals surface area contributed by atoms with E-state index in [2.05, 4.69) is 5.32 Å². The van der Waals surface area contributed by atoms with Crippen LogP contribution in [0.25, 0.3) is 0 Å². The predicted molar refractivity (Wildman–Crippen MR) is 48.0 cm³/mol. The van der Waals surface area contributed by atoms with E-state index >= 15 is 0 Å². The Morgan fingerprint density at radius 1 is 1.27 bits per heavy atom. The monoisotopic (exact) mass is 152 g/mol. The highest BCUT2D eigenvalue weighted by Gasteiger charge is 2.08. The van der Waals surface area contributed by atoms with Crippen LogP contribution in [0.1, 0.15) is 32.1 Å². The molecule has 0 aromatic carbocycles. The Labute approximate surface area is 68.2 Å². The molecule has 0 amide bonds. The van der Waals surface area contributed by atoms with Crippen molar-refractivity contribution in [3.8, 4) is 0 Å². The lowest BCUT2D eigenvalue weighted by molar-refractivity contribution is 0.723. The van der Waals surface area contributed by atoms with Crippen LogP contribution in [0.4, 0.5) is 0 Å². The van der Waals surface area contributed by atoms with Gasteiger partial charge in [-0.3, -0.25) is 0 Å². The third-order valence-corrected chi connectivity index (χ3v) is 2.08. The summed E-state index contributed by atoms with van der Waals surface area (Å²) in [4.78, 5) is 0. The molecule has 1 aliphatic rings. The van der Waals surface area contributed by atoms with Gasteiger partial charge in [0.1, 0.15) is 0 Å². The van der Waals surface area contributed by atoms with Gasteiger partial charge in [-0.15, -0.1) is 0 Å². The molecule has 1 fully saturated rings. The summed E-state index contributed by atoms with van der Waals surface area (Å²) in [7, 11) is 1.89. The summed E-state index contributed by atoms with van der Waals surface area (Å²) in [5.41, 5.74) is 2.03. The average Bonchev–Trinajstić information content (AvgIpc) is 2.18. The van der Waals surface area contributed by atoms with Crippen molar-refractivity contribution < 1.29 is 0 Å². The fourth-order valence-electron chi connectivity index (χ4n) is 1.44. The van der Waals surface area contributed by atoms with Crippen LogP contribution in [0.15, 0.2) is 11.8 Å². The summed E-state index contributed by atoms with van der Waals surface area (Å²) in [5, 5.41) is 10.7. The van der Waals surface area contributed by atoms with E-state index in [9.17, 15) is 0 Å². The smallest absolute Gasteiger partial charge is 0.0360 e. The first kappa shape index (κ1) is 8.31. The molecule has 0 radical (unpaired) electrons. The minimum atomic E-state index is 0.830. The Hall–Kier alpha value is -0.790. The van der Waals surface area contributed by atoms with Crippen LogP contribution < -0.4 is 5.32 Å². The number of rotatable bonds is 1. The molecule has 11 heavy (non-hydrogen) atoms. The molecule has 62 valence electrons. The molecule has 0 atom stereocenters. The maximum atomic E-state index is 7.68. The fraction of sp³-hybridized carbons (Fsp3) is 0.667. The molecule has 0 saturated heterocycles. The van der Waals surface area contributed by atoms with Crippen molar-refractivity contribution in [3.63, 3.8) is 0 Å². The molecule has 0 aromatic heterocycles. The molecule has 1 saturated carbocycles. The minimum absolute atomic E-state index is 0.830. The molecule has 0 aromatic rings. The van der Waals surface area contributed by atoms with Crippen molar-refractivity contribution in [1.29, 1.82) is 5.41 Å². The van der Waals surface area contributed by atoms with E-state index in [0.29, 0.717) is 0 Å². The van der Waals surface area contributed by atoms with Gasteiger partial charge in [-0.1, -0.05) is 6.42 Å². The van der Waals surface area contributed by atoms with Crippen LogP contribution in [0.3, 0.4) is 0 Å². The van der Waals surface area contributed by atoms with Crippen molar-refractivity contribution in [2.24, 2.45) is 0 Å². The first-order chi connectivity index (χ1) is 5.34. The number of hydrogen-bond donors (Lipinski definition) is 2. The van der Waals surface area contributed by atoms with Gasteiger partial charge in [0.25, 0.3) is 0 Å². The van der Waals surface area contributed by atoms with Gasteiger partial charge in [-0.25, -0.2) is 0 Å². The summed E-state index contributed by atoms with van der Waals surface area (Å²) >= 11 is 0. The Morgan fingerprint density at radius 2 is 2.00 bits per heavy atom. The molecule has 2 N–H and O–H groups in total. The van der Waals surface area contributed by atoms with E-state index in [-0.39, 0.29) is 0 Å². The number of allylic oxidation sites excluding steroid dienone is 1. The largest absolute Gasteiger partial charge is 0.394 e. The predicted octanol–water partition coefficient (Wildman–Crippen LogP) is 2.07. The van der Waals surface area contributed by atoms with Gasteiger partial charge in [-0.05, 0) is 31.3 Å². The van der Waals surface area contributed by atoms with Crippen molar-refractivity contribution in [2.75, 3.05) is 7.05 Å². The van der Waals surface area contributed by atoms with E-state index in [1.807, 2.05) is 13.2 Å². The van der Waals surface area contributed by atoms with Crippen LogP contribution in [-0.2, 0) is 0 Å². The highest BCUT2D eigenvalue weighted by molar-refractivity contribution is 5.97. The minimum Gasteiger partial charge on any atom is -0.394 e. The van der Waals surface area contributed by atoms with Crippen LogP contribution in [0.5, 0.6) is 0 Å². The quantitative estimate of drug-likeness (QED) is 0.554. The molecule has 1 aliphatic carbocycles. The zero-order valence-electron chi connectivity index (χ0n) is 7.11. The molecule has 2 nitrogen and oxygen atoms in total. The van der Waals surface area contributed by atoms with E-state index < -0.39 is 0 Å². The maximum Gasteiger partial charge on any atom is 0.0360 e. The van der Waals surface area contributed by atoms with Gasteiger partial charge in [-0.2, -0.15) is 0 Å². The molecule has 0 unspecified atom stereocenters. The highest BCUT2D eigenvalue weighted by atomic mass is 14.8. The van der Waals surface area contributed by atoms with Gasteiger partial charge in [0.15, 0.2) is 0 Å². The van der Waals surface area contributed by atoms with Gasteiger partial charge in [0, 0.05) is 19.0 Å². The summed E-state index contributed by atoms with van der Waals surface area (Å²) in [6.07, 6.45) is 7.74. The van der Waals surface area contributed by atoms with E-state index in [1.165, 1.54) is 24.8 Å². The normalized spacial score (nSPS) is 23.4. The number of hydrogen-bond acceptors (Lipinski definition) is 2. The summed E-state index contributed by atoms with van der Waals surface area (Å²) < 4.78 is 0. The third kappa shape index (κ3) is 2.37. The van der Waals surface area contributed by atoms with Crippen LogP contribution in [-0.4, -0.2) is 12.8 Å². The maximum absolute atomic E-state index is 7.68. The van der Waals surface area contributed by atoms with E-state index in [1.54, 1.807) is 0 Å². The van der Waals surface area contributed by atoms with Crippen molar-refractivity contribution in [2.45, 2.75) is 32.1 Å². The second-order valence-electron chi connectivity index (χ2n) is 3.00. The molecule has 2 heteroatoms. The third-order valence-electron chi connectivity index (χ3n) is 2.08. The van der Waals surface area contributed by atoms with E-state index in [4.69, 9.17) is 5.41 Å². The molecule has 0 heterocycles. The van der Waals surface area contributed by atoms with Crippen molar-refractivity contribution in [1.82, 2.24) is 5.32 Å². The van der Waals surface area contributed by atoms with Crippen molar-refractivity contribution >= 4 is 5.71 Å². The van der Waals surface area contributed by atoms with Gasteiger partial charge in [0.05, 0.1) is 0 Å². The molecule has 0 bridgehead atoms. The lowest BCUT2D eigenvalue weighted by atomic mass is 10.1. The molecule has 0 spiro atoms. The first-order valence-corrected chi connectivity index (χ1v) is 4.28. The van der Waals surface area contributed by atoms with Gasteiger partial charge < -0.3 is 10.7 Å². The number of nitrogens with one attached hydrogen (secondary N) is 2. The molecule has 1 rings (SSSR count). The lowest BCUT2D eigenvalue weighted by Crippen LogP contribution is -2.04. The zero-order chi connectivity index (χ0) is 8.10. The van der Waals surface area contributed by atoms with Crippen LogP contribution >= 0.6 is 0 Å². The topological polar surface area (TPSA) is 35.9 Å². The summed E-state index contributed by atoms with van der Waals surface area (Å²) in [6.45, 7) is 0. The van der Waals surface area contributed by atoms with Crippen LogP contribution in [0.2, 0.25) is 0 Å². The molecular formula is C9H16N2. The SMILES string of the molecule is CN/C=C1/CCCCCC1=N. The standard InChI is InChI=1S/C9H16N2/c1-11-7-8-5-3-2-4-6-9(8)10/h7,10-11H,2-6H2,1H3/b8-7-,10-9?. The second kappa shape index (κ2) is 4.16. The molecule has 0 aliphatic heterocycles. The van der Waals surface area contributed by atoms with E-state index in [0.717, 1.165) is 18.6 Å². The summed E-state index contributed by atoms with van der Waals surface area (Å²) in [5.74, 6) is 0. The van der Waals surface area contributed by atoms with Crippen LogP contribution in [0, 0.1) is 5.41 Å². The Morgan fingerprint density at radius 3 is 2.73 bits per heavy atom. The average molecular weight is 152 g/mol. The Bertz CT molecular complexity index is 170.